The standard InChI is InChI=1S/C10H15N3O3/c1-3-16-5-4-13(2)9-7-11-6-8(12-9)10(14)15/h6-7H,3-5H2,1-2H3,(H,14,15). The molecule has 0 aliphatic carbocycles. The molecule has 88 valence electrons. The number of hydrogen-bond donors (Lipinski definition) is 1. The first-order valence-corrected chi connectivity index (χ1v) is 4.99. The number of anilines is 1. The van der Waals surface area contributed by atoms with Gasteiger partial charge in [0.25, 0.3) is 0 Å². The van der Waals surface area contributed by atoms with Crippen LogP contribution in [0.15, 0.2) is 12.4 Å². The lowest BCUT2D eigenvalue weighted by molar-refractivity contribution is 0.0690. The van der Waals surface area contributed by atoms with Crippen molar-refractivity contribution in [2.75, 3.05) is 31.7 Å². The van der Waals surface area contributed by atoms with Crippen LogP contribution < -0.4 is 4.90 Å². The van der Waals surface area contributed by atoms with Gasteiger partial charge in [-0.05, 0) is 6.92 Å². The first kappa shape index (κ1) is 12.4. The summed E-state index contributed by atoms with van der Waals surface area (Å²) in [5.41, 5.74) is -0.0549. The number of ether oxygens (including phenoxy) is 1. The maximum absolute atomic E-state index is 10.7. The number of aromatic carboxylic acids is 1. The van der Waals surface area contributed by atoms with Crippen LogP contribution in [0.5, 0.6) is 0 Å². The van der Waals surface area contributed by atoms with Gasteiger partial charge in [0.15, 0.2) is 5.69 Å². The van der Waals surface area contributed by atoms with Crippen molar-refractivity contribution in [2.45, 2.75) is 6.92 Å². The molecule has 0 radical (unpaired) electrons. The third-order valence-electron chi connectivity index (χ3n) is 2.01. The molecular formula is C10H15N3O3. The number of nitrogens with zero attached hydrogens (tertiary/aromatic N) is 3. The second-order valence-corrected chi connectivity index (χ2v) is 3.19. The van der Waals surface area contributed by atoms with Crippen molar-refractivity contribution >= 4 is 11.8 Å². The number of hydrogen-bond acceptors (Lipinski definition) is 5. The molecule has 0 saturated heterocycles. The normalized spacial score (nSPS) is 10.1. The molecule has 1 N–H and O–H groups in total. The highest BCUT2D eigenvalue weighted by Gasteiger charge is 2.08. The van der Waals surface area contributed by atoms with Crippen molar-refractivity contribution < 1.29 is 14.6 Å². The van der Waals surface area contributed by atoms with Gasteiger partial charge in [0, 0.05) is 20.2 Å². The second kappa shape index (κ2) is 6.02. The van der Waals surface area contributed by atoms with Crippen molar-refractivity contribution in [3.63, 3.8) is 0 Å². The molecule has 0 atom stereocenters. The molecule has 0 bridgehead atoms. The summed E-state index contributed by atoms with van der Waals surface area (Å²) in [5.74, 6) is -0.549. The first-order valence-electron chi connectivity index (χ1n) is 4.99. The van der Waals surface area contributed by atoms with E-state index in [-0.39, 0.29) is 5.69 Å². The zero-order valence-corrected chi connectivity index (χ0v) is 9.38. The Morgan fingerprint density at radius 2 is 2.31 bits per heavy atom. The van der Waals surface area contributed by atoms with E-state index in [1.165, 1.54) is 12.4 Å². The molecule has 6 heteroatoms. The van der Waals surface area contributed by atoms with Crippen LogP contribution >= 0.6 is 0 Å². The smallest absolute Gasteiger partial charge is 0.356 e. The average molecular weight is 225 g/mol. The lowest BCUT2D eigenvalue weighted by Crippen LogP contribution is -2.24. The SMILES string of the molecule is CCOCCN(C)c1cncc(C(=O)O)n1. The van der Waals surface area contributed by atoms with Crippen LogP contribution in [0, 0.1) is 0 Å². The van der Waals surface area contributed by atoms with E-state index < -0.39 is 5.97 Å². The minimum Gasteiger partial charge on any atom is -0.476 e. The molecule has 0 aliphatic heterocycles. The molecule has 0 aliphatic rings. The van der Waals surface area contributed by atoms with E-state index in [0.29, 0.717) is 25.6 Å². The van der Waals surface area contributed by atoms with Crippen molar-refractivity contribution in [2.24, 2.45) is 0 Å². The molecule has 1 rings (SSSR count). The predicted octanol–water partition coefficient (Wildman–Crippen LogP) is 0.647. The zero-order valence-electron chi connectivity index (χ0n) is 9.38. The summed E-state index contributed by atoms with van der Waals surface area (Å²) >= 11 is 0. The van der Waals surface area contributed by atoms with Gasteiger partial charge in [-0.1, -0.05) is 0 Å². The zero-order chi connectivity index (χ0) is 12.0. The van der Waals surface area contributed by atoms with Crippen molar-refractivity contribution in [3.8, 4) is 0 Å². The monoisotopic (exact) mass is 225 g/mol. The third kappa shape index (κ3) is 3.47. The van der Waals surface area contributed by atoms with Crippen LogP contribution in [0.3, 0.4) is 0 Å². The second-order valence-electron chi connectivity index (χ2n) is 3.19. The lowest BCUT2D eigenvalue weighted by Gasteiger charge is -2.17. The topological polar surface area (TPSA) is 75.5 Å². The van der Waals surface area contributed by atoms with E-state index in [2.05, 4.69) is 9.97 Å². The summed E-state index contributed by atoms with van der Waals surface area (Å²) in [7, 11) is 1.81. The molecule has 0 fully saturated rings. The van der Waals surface area contributed by atoms with E-state index >= 15 is 0 Å². The summed E-state index contributed by atoms with van der Waals surface area (Å²) < 4.78 is 5.20. The highest BCUT2D eigenvalue weighted by atomic mass is 16.5. The molecule has 0 unspecified atom stereocenters. The molecule has 6 nitrogen and oxygen atoms in total. The Kier molecular flexibility index (Phi) is 4.65. The molecule has 0 saturated carbocycles. The Hall–Kier alpha value is -1.69. The maximum atomic E-state index is 10.7. The number of rotatable bonds is 6. The van der Waals surface area contributed by atoms with Crippen LogP contribution in [-0.2, 0) is 4.74 Å². The Bertz CT molecular complexity index is 357. The van der Waals surface area contributed by atoms with E-state index in [4.69, 9.17) is 9.84 Å². The quantitative estimate of drug-likeness (QED) is 0.716. The summed E-state index contributed by atoms with van der Waals surface area (Å²) in [6, 6.07) is 0. The highest BCUT2D eigenvalue weighted by Crippen LogP contribution is 2.07. The molecule has 1 aromatic heterocycles. The minimum absolute atomic E-state index is 0.0549. The minimum atomic E-state index is -1.08. The average Bonchev–Trinajstić information content (AvgIpc) is 2.29. The number of carbonyl (C=O) groups is 1. The van der Waals surface area contributed by atoms with Crippen molar-refractivity contribution in [1.82, 2.24) is 9.97 Å². The van der Waals surface area contributed by atoms with Crippen molar-refractivity contribution in [3.05, 3.63) is 18.1 Å². The molecule has 0 amide bonds. The highest BCUT2D eigenvalue weighted by molar-refractivity contribution is 5.85. The predicted molar refractivity (Wildman–Crippen MR) is 58.8 cm³/mol. The molecule has 1 aromatic rings. The molecule has 0 spiro atoms. The fourth-order valence-corrected chi connectivity index (χ4v) is 1.10. The Balaban J connectivity index is 2.64. The summed E-state index contributed by atoms with van der Waals surface area (Å²) in [4.78, 5) is 20.3. The van der Waals surface area contributed by atoms with Gasteiger partial charge in [-0.3, -0.25) is 4.98 Å². The van der Waals surface area contributed by atoms with Crippen LogP contribution in [0.25, 0.3) is 0 Å². The summed E-state index contributed by atoms with van der Waals surface area (Å²) in [6.07, 6.45) is 2.75. The molecule has 1 heterocycles. The molecule has 16 heavy (non-hydrogen) atoms. The fourth-order valence-electron chi connectivity index (χ4n) is 1.10. The van der Waals surface area contributed by atoms with Crippen LogP contribution in [0.1, 0.15) is 17.4 Å². The number of carboxylic acids is 1. The van der Waals surface area contributed by atoms with Crippen molar-refractivity contribution in [1.29, 1.82) is 0 Å². The van der Waals surface area contributed by atoms with Gasteiger partial charge in [0.2, 0.25) is 0 Å². The lowest BCUT2D eigenvalue weighted by atomic mass is 10.4. The molecular weight excluding hydrogens is 210 g/mol. The van der Waals surface area contributed by atoms with Gasteiger partial charge in [-0.15, -0.1) is 0 Å². The summed E-state index contributed by atoms with van der Waals surface area (Å²) in [6.45, 7) is 3.80. The third-order valence-corrected chi connectivity index (χ3v) is 2.01. The van der Waals surface area contributed by atoms with Crippen LogP contribution in [-0.4, -0.2) is 47.8 Å². The number of carboxylic acid groups (broad SMARTS) is 1. The van der Waals surface area contributed by atoms with Gasteiger partial charge in [0.1, 0.15) is 5.82 Å². The number of likely N-dealkylation sites (N-methyl/N-ethyl adjacent to an activating group) is 1. The molecule has 0 aromatic carbocycles. The van der Waals surface area contributed by atoms with E-state index in [1.807, 2.05) is 14.0 Å². The van der Waals surface area contributed by atoms with E-state index in [0.717, 1.165) is 0 Å². The fraction of sp³-hybridized carbons (Fsp3) is 0.500. The van der Waals surface area contributed by atoms with Gasteiger partial charge in [-0.25, -0.2) is 9.78 Å². The van der Waals surface area contributed by atoms with Gasteiger partial charge < -0.3 is 14.7 Å². The number of aromatic nitrogens is 2. The summed E-state index contributed by atoms with van der Waals surface area (Å²) in [5, 5.41) is 8.76. The maximum Gasteiger partial charge on any atom is 0.356 e. The van der Waals surface area contributed by atoms with E-state index in [1.54, 1.807) is 4.90 Å². The van der Waals surface area contributed by atoms with Crippen LogP contribution in [0.4, 0.5) is 5.82 Å². The van der Waals surface area contributed by atoms with Gasteiger partial charge in [0.05, 0.1) is 19.0 Å². The van der Waals surface area contributed by atoms with Gasteiger partial charge in [-0.2, -0.15) is 0 Å². The first-order chi connectivity index (χ1) is 7.65. The van der Waals surface area contributed by atoms with E-state index in [9.17, 15) is 4.79 Å². The Morgan fingerprint density at radius 3 is 2.94 bits per heavy atom. The Morgan fingerprint density at radius 1 is 1.56 bits per heavy atom. The largest absolute Gasteiger partial charge is 0.476 e. The van der Waals surface area contributed by atoms with Crippen LogP contribution in [0.2, 0.25) is 0 Å². The Labute approximate surface area is 93.9 Å². The van der Waals surface area contributed by atoms with Gasteiger partial charge >= 0.3 is 5.97 Å².